The summed E-state index contributed by atoms with van der Waals surface area (Å²) in [5.74, 6) is -0.373. The zero-order valence-corrected chi connectivity index (χ0v) is 8.37. The highest BCUT2D eigenvalue weighted by Gasteiger charge is 1.92. The van der Waals surface area contributed by atoms with Crippen LogP contribution < -0.4 is 5.32 Å². The van der Waals surface area contributed by atoms with E-state index >= 15 is 0 Å². The van der Waals surface area contributed by atoms with Gasteiger partial charge in [0, 0.05) is 16.7 Å². The van der Waals surface area contributed by atoms with Crippen molar-refractivity contribution in [3.8, 4) is 0 Å². The number of nitrogens with one attached hydrogen (secondary N) is 1. The summed E-state index contributed by atoms with van der Waals surface area (Å²) in [7, 11) is 0. The molecule has 6 heteroatoms. The van der Waals surface area contributed by atoms with E-state index in [1.165, 1.54) is 6.08 Å². The minimum atomic E-state index is -0.390. The number of aliphatic hydroxyl groups excluding tert-OH is 1. The van der Waals surface area contributed by atoms with Gasteiger partial charge in [-0.3, -0.25) is 4.79 Å². The topological polar surface area (TPSA) is 98.1 Å². The first-order valence-electron chi connectivity index (χ1n) is 4.48. The molecule has 1 aromatic rings. The molecule has 82 valence electrons. The highest BCUT2D eigenvalue weighted by molar-refractivity contribution is 5.91. The van der Waals surface area contributed by atoms with Crippen molar-refractivity contribution in [1.82, 2.24) is 5.32 Å². The zero-order chi connectivity index (χ0) is 11.8. The molecule has 1 amide bonds. The molecule has 2 N–H and O–H groups in total. The maximum absolute atomic E-state index is 11.0. The van der Waals surface area contributed by atoms with Crippen LogP contribution in [0.2, 0.25) is 0 Å². The molecule has 16 heavy (non-hydrogen) atoms. The van der Waals surface area contributed by atoms with Gasteiger partial charge in [0.1, 0.15) is 6.73 Å². The highest BCUT2D eigenvalue weighted by atomic mass is 16.3. The van der Waals surface area contributed by atoms with E-state index in [1.807, 2.05) is 0 Å². The van der Waals surface area contributed by atoms with Gasteiger partial charge in [-0.15, -0.1) is 0 Å². The van der Waals surface area contributed by atoms with Gasteiger partial charge in [-0.2, -0.15) is 0 Å². The lowest BCUT2D eigenvalue weighted by Gasteiger charge is -1.95. The number of azide groups is 1. The van der Waals surface area contributed by atoms with Crippen LogP contribution in [0, 0.1) is 0 Å². The van der Waals surface area contributed by atoms with Crippen LogP contribution in [0.25, 0.3) is 16.5 Å². The van der Waals surface area contributed by atoms with Crippen molar-refractivity contribution in [3.05, 3.63) is 46.3 Å². The summed E-state index contributed by atoms with van der Waals surface area (Å²) in [6, 6.07) is 6.71. The number of benzene rings is 1. The lowest BCUT2D eigenvalue weighted by atomic mass is 10.2. The van der Waals surface area contributed by atoms with Crippen molar-refractivity contribution in [2.24, 2.45) is 5.11 Å². The van der Waals surface area contributed by atoms with Crippen LogP contribution in [0.3, 0.4) is 0 Å². The molecule has 0 spiro atoms. The maximum Gasteiger partial charge on any atom is 0.245 e. The number of hydrogen-bond donors (Lipinski definition) is 2. The van der Waals surface area contributed by atoms with Gasteiger partial charge in [0.15, 0.2) is 0 Å². The second kappa shape index (κ2) is 6.23. The van der Waals surface area contributed by atoms with Crippen molar-refractivity contribution in [1.29, 1.82) is 0 Å². The van der Waals surface area contributed by atoms with Crippen molar-refractivity contribution in [2.45, 2.75) is 0 Å². The lowest BCUT2D eigenvalue weighted by molar-refractivity contribution is -0.117. The molecule has 6 nitrogen and oxygen atoms in total. The predicted octanol–water partition coefficient (Wildman–Crippen LogP) is 1.71. The molecule has 0 unspecified atom stereocenters. The molecule has 1 rings (SSSR count). The summed E-state index contributed by atoms with van der Waals surface area (Å²) >= 11 is 0. The molecule has 0 aliphatic heterocycles. The fourth-order valence-electron chi connectivity index (χ4n) is 1.01. The van der Waals surface area contributed by atoms with Gasteiger partial charge in [-0.25, -0.2) is 0 Å². The van der Waals surface area contributed by atoms with Gasteiger partial charge in [-0.05, 0) is 17.2 Å². The Morgan fingerprint density at radius 2 is 2.19 bits per heavy atom. The number of carbonyl (C=O) groups is 1. The van der Waals surface area contributed by atoms with Crippen LogP contribution in [0.4, 0.5) is 5.69 Å². The smallest absolute Gasteiger partial charge is 0.245 e. The van der Waals surface area contributed by atoms with E-state index < -0.39 is 0 Å². The van der Waals surface area contributed by atoms with Crippen molar-refractivity contribution in [2.75, 3.05) is 6.73 Å². The molecule has 0 atom stereocenters. The third-order valence-corrected chi connectivity index (χ3v) is 1.73. The molecule has 0 saturated carbocycles. The third kappa shape index (κ3) is 3.83. The van der Waals surface area contributed by atoms with Crippen LogP contribution in [0.15, 0.2) is 35.5 Å². The van der Waals surface area contributed by atoms with Crippen LogP contribution in [-0.2, 0) is 4.79 Å². The Kier molecular flexibility index (Phi) is 4.59. The molecule has 0 fully saturated rings. The van der Waals surface area contributed by atoms with E-state index in [-0.39, 0.29) is 12.6 Å². The van der Waals surface area contributed by atoms with Gasteiger partial charge in [0.05, 0.1) is 0 Å². The second-order valence-corrected chi connectivity index (χ2v) is 2.81. The predicted molar refractivity (Wildman–Crippen MR) is 59.5 cm³/mol. The van der Waals surface area contributed by atoms with E-state index in [0.717, 1.165) is 5.56 Å². The van der Waals surface area contributed by atoms with Gasteiger partial charge in [0.2, 0.25) is 5.91 Å². The van der Waals surface area contributed by atoms with Crippen LogP contribution in [0.5, 0.6) is 0 Å². The minimum absolute atomic E-state index is 0.373. The van der Waals surface area contributed by atoms with Gasteiger partial charge in [0.25, 0.3) is 0 Å². The molecule has 1 aromatic carbocycles. The Bertz CT molecular complexity index is 433. The standard InChI is InChI=1S/C10H10N4O2/c11-14-13-9-4-1-8(2-5-9)3-6-10(16)12-7-15/h1-6,15H,7H2,(H,12,16). The summed E-state index contributed by atoms with van der Waals surface area (Å²) in [6.45, 7) is -0.390. The number of nitrogens with zero attached hydrogens (tertiary/aromatic N) is 3. The molecule has 0 heterocycles. The molecule has 0 aromatic heterocycles. The molecular weight excluding hydrogens is 208 g/mol. The molecule has 0 bridgehead atoms. The van der Waals surface area contributed by atoms with Gasteiger partial charge in [-0.1, -0.05) is 29.4 Å². The third-order valence-electron chi connectivity index (χ3n) is 1.73. The first kappa shape index (κ1) is 11.8. The fraction of sp³-hybridized carbons (Fsp3) is 0.100. The normalized spacial score (nSPS) is 9.81. The summed E-state index contributed by atoms with van der Waals surface area (Å²) in [6.07, 6.45) is 2.89. The number of amides is 1. The van der Waals surface area contributed by atoms with Crippen LogP contribution >= 0.6 is 0 Å². The molecule has 0 radical (unpaired) electrons. The van der Waals surface area contributed by atoms with E-state index in [9.17, 15) is 4.79 Å². The molecule has 0 aliphatic carbocycles. The van der Waals surface area contributed by atoms with Gasteiger partial charge >= 0.3 is 0 Å². The average Bonchev–Trinajstić information content (AvgIpc) is 2.29. The average molecular weight is 218 g/mol. The Morgan fingerprint density at radius 3 is 2.75 bits per heavy atom. The summed E-state index contributed by atoms with van der Waals surface area (Å²) in [5.41, 5.74) is 9.50. The Balaban J connectivity index is 2.68. The van der Waals surface area contributed by atoms with Crippen molar-refractivity contribution in [3.63, 3.8) is 0 Å². The SMILES string of the molecule is [N-]=[N+]=Nc1ccc(C=CC(=O)NCO)cc1. The summed E-state index contributed by atoms with van der Waals surface area (Å²) in [4.78, 5) is 13.6. The Hall–Kier alpha value is -2.30. The lowest BCUT2D eigenvalue weighted by Crippen LogP contribution is -2.21. The number of aliphatic hydroxyl groups is 1. The summed E-state index contributed by atoms with van der Waals surface area (Å²) < 4.78 is 0. The van der Waals surface area contributed by atoms with E-state index in [1.54, 1.807) is 30.3 Å². The van der Waals surface area contributed by atoms with Crippen LogP contribution in [-0.4, -0.2) is 17.7 Å². The monoisotopic (exact) mass is 218 g/mol. The Labute approximate surface area is 91.8 Å². The maximum atomic E-state index is 11.0. The van der Waals surface area contributed by atoms with E-state index in [2.05, 4.69) is 15.3 Å². The number of hydrogen-bond acceptors (Lipinski definition) is 3. The quantitative estimate of drug-likeness (QED) is 0.264. The Morgan fingerprint density at radius 1 is 1.50 bits per heavy atom. The van der Waals surface area contributed by atoms with Crippen molar-refractivity contribution >= 4 is 17.7 Å². The zero-order valence-electron chi connectivity index (χ0n) is 8.37. The first-order chi connectivity index (χ1) is 7.76. The second-order valence-electron chi connectivity index (χ2n) is 2.81. The number of carbonyl (C=O) groups excluding carboxylic acids is 1. The largest absolute Gasteiger partial charge is 0.376 e. The van der Waals surface area contributed by atoms with Crippen LogP contribution in [0.1, 0.15) is 5.56 Å². The van der Waals surface area contributed by atoms with Gasteiger partial charge < -0.3 is 10.4 Å². The minimum Gasteiger partial charge on any atom is -0.376 e. The van der Waals surface area contributed by atoms with Crippen molar-refractivity contribution < 1.29 is 9.90 Å². The first-order valence-corrected chi connectivity index (χ1v) is 4.48. The molecule has 0 aliphatic rings. The molecular formula is C10H10N4O2. The fourth-order valence-corrected chi connectivity index (χ4v) is 1.01. The van der Waals surface area contributed by atoms with E-state index in [4.69, 9.17) is 10.6 Å². The molecule has 0 saturated heterocycles. The summed E-state index contributed by atoms with van der Waals surface area (Å²) in [5, 5.41) is 14.0. The highest BCUT2D eigenvalue weighted by Crippen LogP contribution is 2.13. The van der Waals surface area contributed by atoms with E-state index in [0.29, 0.717) is 5.69 Å². The number of rotatable bonds is 4.